The first kappa shape index (κ1) is 16.3. The van der Waals surface area contributed by atoms with E-state index in [1.165, 1.54) is 16.3 Å². The summed E-state index contributed by atoms with van der Waals surface area (Å²) in [4.78, 5) is 17.0. The number of ketones is 1. The van der Waals surface area contributed by atoms with E-state index in [4.69, 9.17) is 0 Å². The zero-order valence-corrected chi connectivity index (χ0v) is 14.9. The number of benzene rings is 2. The van der Waals surface area contributed by atoms with Crippen LogP contribution in [0, 0.1) is 6.92 Å². The maximum Gasteiger partial charge on any atom is 0.185 e. The molecule has 0 spiro atoms. The molecular formula is C23H20N2O. The number of fused-ring (bicyclic) bond motifs is 3. The molecule has 0 atom stereocenters. The Balaban J connectivity index is 1.82. The molecule has 0 bridgehead atoms. The lowest BCUT2D eigenvalue weighted by Crippen LogP contribution is -1.97. The van der Waals surface area contributed by atoms with Crippen molar-refractivity contribution in [1.29, 1.82) is 0 Å². The van der Waals surface area contributed by atoms with Crippen LogP contribution in [-0.2, 0) is 6.54 Å². The van der Waals surface area contributed by atoms with Crippen LogP contribution in [0.4, 0.5) is 0 Å². The molecule has 3 heteroatoms. The Morgan fingerprint density at radius 3 is 2.58 bits per heavy atom. The van der Waals surface area contributed by atoms with Gasteiger partial charge in [0.25, 0.3) is 0 Å². The minimum Gasteiger partial charge on any atom is -0.339 e. The van der Waals surface area contributed by atoms with Gasteiger partial charge in [-0.25, -0.2) is 0 Å². The molecule has 0 N–H and O–H groups in total. The van der Waals surface area contributed by atoms with Crippen molar-refractivity contribution in [3.63, 3.8) is 0 Å². The quantitative estimate of drug-likeness (QED) is 0.367. The second-order valence-corrected chi connectivity index (χ2v) is 6.42. The van der Waals surface area contributed by atoms with Crippen LogP contribution >= 0.6 is 0 Å². The molecule has 0 radical (unpaired) electrons. The fraction of sp³-hybridized carbons (Fsp3) is 0.130. The number of aromatic nitrogens is 2. The van der Waals surface area contributed by atoms with Crippen molar-refractivity contribution in [3.05, 3.63) is 83.7 Å². The molecular weight excluding hydrogens is 320 g/mol. The molecule has 2 heterocycles. The molecule has 4 aromatic rings. The van der Waals surface area contributed by atoms with Gasteiger partial charge in [0.1, 0.15) is 0 Å². The Morgan fingerprint density at radius 1 is 1.04 bits per heavy atom. The normalized spacial score (nSPS) is 11.6. The SMILES string of the molecule is CCn1c2ccccc2c2ccnc(/C=C/C(=O)c3ccc(C)cc3)c21. The second-order valence-electron chi connectivity index (χ2n) is 6.42. The van der Waals surface area contributed by atoms with Crippen LogP contribution in [0.3, 0.4) is 0 Å². The largest absolute Gasteiger partial charge is 0.339 e. The van der Waals surface area contributed by atoms with Crippen LogP contribution < -0.4 is 0 Å². The van der Waals surface area contributed by atoms with Gasteiger partial charge in [0, 0.05) is 34.6 Å². The van der Waals surface area contributed by atoms with E-state index < -0.39 is 0 Å². The van der Waals surface area contributed by atoms with Crippen molar-refractivity contribution in [3.8, 4) is 0 Å². The van der Waals surface area contributed by atoms with Crippen LogP contribution in [0.25, 0.3) is 27.9 Å². The summed E-state index contributed by atoms with van der Waals surface area (Å²) in [5.41, 5.74) is 4.92. The molecule has 0 aliphatic rings. The fourth-order valence-electron chi connectivity index (χ4n) is 3.45. The van der Waals surface area contributed by atoms with Gasteiger partial charge in [-0.2, -0.15) is 0 Å². The third-order valence-corrected chi connectivity index (χ3v) is 4.75. The molecule has 26 heavy (non-hydrogen) atoms. The topological polar surface area (TPSA) is 34.9 Å². The van der Waals surface area contributed by atoms with Gasteiger partial charge in [-0.3, -0.25) is 9.78 Å². The average molecular weight is 340 g/mol. The number of allylic oxidation sites excluding steroid dienone is 1. The van der Waals surface area contributed by atoms with E-state index in [1.54, 1.807) is 6.08 Å². The van der Waals surface area contributed by atoms with Crippen molar-refractivity contribution in [1.82, 2.24) is 9.55 Å². The summed E-state index contributed by atoms with van der Waals surface area (Å²) >= 11 is 0. The Bertz CT molecular complexity index is 1130. The summed E-state index contributed by atoms with van der Waals surface area (Å²) in [5.74, 6) is -0.0111. The molecule has 0 fully saturated rings. The summed E-state index contributed by atoms with van der Waals surface area (Å²) in [6.45, 7) is 4.99. The monoisotopic (exact) mass is 340 g/mol. The fourth-order valence-corrected chi connectivity index (χ4v) is 3.45. The first-order valence-corrected chi connectivity index (χ1v) is 8.84. The Morgan fingerprint density at radius 2 is 1.81 bits per heavy atom. The first-order chi connectivity index (χ1) is 12.7. The van der Waals surface area contributed by atoms with E-state index in [2.05, 4.69) is 40.7 Å². The lowest BCUT2D eigenvalue weighted by Gasteiger charge is -2.05. The maximum absolute atomic E-state index is 12.5. The number of nitrogens with zero attached hydrogens (tertiary/aromatic N) is 2. The summed E-state index contributed by atoms with van der Waals surface area (Å²) in [6, 6.07) is 18.0. The van der Waals surface area contributed by atoms with E-state index in [0.29, 0.717) is 5.56 Å². The van der Waals surface area contributed by atoms with Crippen molar-refractivity contribution in [2.75, 3.05) is 0 Å². The zero-order chi connectivity index (χ0) is 18.1. The van der Waals surface area contributed by atoms with E-state index >= 15 is 0 Å². The molecule has 0 aliphatic carbocycles. The van der Waals surface area contributed by atoms with E-state index in [0.717, 1.165) is 23.3 Å². The standard InChI is InChI=1S/C23H20N2O/c1-3-25-21-7-5-4-6-18(21)19-14-15-24-20(23(19)25)12-13-22(26)17-10-8-16(2)9-11-17/h4-15H,3H2,1-2H3/b13-12+. The van der Waals surface area contributed by atoms with Crippen molar-refractivity contribution >= 4 is 33.7 Å². The lowest BCUT2D eigenvalue weighted by molar-refractivity contribution is 0.104. The number of carbonyl (C=O) groups is 1. The molecule has 0 aliphatic heterocycles. The third kappa shape index (κ3) is 2.72. The van der Waals surface area contributed by atoms with Crippen LogP contribution in [0.2, 0.25) is 0 Å². The minimum absolute atomic E-state index is 0.0111. The molecule has 2 aromatic heterocycles. The molecule has 0 saturated carbocycles. The molecule has 4 rings (SSSR count). The van der Waals surface area contributed by atoms with Crippen molar-refractivity contribution < 1.29 is 4.79 Å². The number of hydrogen-bond donors (Lipinski definition) is 0. The Labute approximate surface area is 152 Å². The van der Waals surface area contributed by atoms with Crippen LogP contribution in [0.5, 0.6) is 0 Å². The predicted octanol–water partition coefficient (Wildman–Crippen LogP) is 5.41. The Kier molecular flexibility index (Phi) is 4.13. The highest BCUT2D eigenvalue weighted by atomic mass is 16.1. The molecule has 0 amide bonds. The van der Waals surface area contributed by atoms with Gasteiger partial charge in [-0.15, -0.1) is 0 Å². The van der Waals surface area contributed by atoms with E-state index in [9.17, 15) is 4.79 Å². The number of pyridine rings is 1. The summed E-state index contributed by atoms with van der Waals surface area (Å²) < 4.78 is 2.26. The van der Waals surface area contributed by atoms with Gasteiger partial charge in [0.05, 0.1) is 11.2 Å². The molecule has 128 valence electrons. The van der Waals surface area contributed by atoms with Gasteiger partial charge in [-0.05, 0) is 38.1 Å². The van der Waals surface area contributed by atoms with Crippen LogP contribution in [-0.4, -0.2) is 15.3 Å². The van der Waals surface area contributed by atoms with Crippen LogP contribution in [0.1, 0.15) is 28.5 Å². The number of para-hydroxylation sites is 1. The van der Waals surface area contributed by atoms with Gasteiger partial charge in [0.2, 0.25) is 0 Å². The van der Waals surface area contributed by atoms with Gasteiger partial charge in [-0.1, -0.05) is 48.0 Å². The van der Waals surface area contributed by atoms with Crippen LogP contribution in [0.15, 0.2) is 66.9 Å². The molecule has 2 aromatic carbocycles. The lowest BCUT2D eigenvalue weighted by atomic mass is 10.1. The molecule has 0 unspecified atom stereocenters. The third-order valence-electron chi connectivity index (χ3n) is 4.75. The highest BCUT2D eigenvalue weighted by molar-refractivity contribution is 6.11. The molecule has 3 nitrogen and oxygen atoms in total. The van der Waals surface area contributed by atoms with Crippen molar-refractivity contribution in [2.24, 2.45) is 0 Å². The highest BCUT2D eigenvalue weighted by Gasteiger charge is 2.12. The minimum atomic E-state index is -0.0111. The predicted molar refractivity (Wildman–Crippen MR) is 107 cm³/mol. The van der Waals surface area contributed by atoms with Crippen molar-refractivity contribution in [2.45, 2.75) is 20.4 Å². The molecule has 0 saturated heterocycles. The highest BCUT2D eigenvalue weighted by Crippen LogP contribution is 2.30. The summed E-state index contributed by atoms with van der Waals surface area (Å²) in [5, 5.41) is 2.38. The average Bonchev–Trinajstić information content (AvgIpc) is 3.01. The number of carbonyl (C=O) groups excluding carboxylic acids is 1. The van der Waals surface area contributed by atoms with Gasteiger partial charge in [0.15, 0.2) is 5.78 Å². The smallest absolute Gasteiger partial charge is 0.185 e. The van der Waals surface area contributed by atoms with E-state index in [-0.39, 0.29) is 5.78 Å². The summed E-state index contributed by atoms with van der Waals surface area (Å²) in [6.07, 6.45) is 5.25. The number of aryl methyl sites for hydroxylation is 2. The van der Waals surface area contributed by atoms with E-state index in [1.807, 2.05) is 49.5 Å². The summed E-state index contributed by atoms with van der Waals surface area (Å²) in [7, 11) is 0. The zero-order valence-electron chi connectivity index (χ0n) is 14.9. The first-order valence-electron chi connectivity index (χ1n) is 8.84. The second kappa shape index (κ2) is 6.60. The van der Waals surface area contributed by atoms with Gasteiger partial charge >= 0.3 is 0 Å². The number of hydrogen-bond acceptors (Lipinski definition) is 2. The number of rotatable bonds is 4. The van der Waals surface area contributed by atoms with Gasteiger partial charge < -0.3 is 4.57 Å². The Hall–Kier alpha value is -3.20. The maximum atomic E-state index is 12.5.